The standard InChI is InChI=1S/C22H28N2O5S/c1-5-7-17(3)23-21(25)15-29-22(26)18-8-6-9-20(14-18)30(27,28)24(4)19-12-10-16(2)11-13-19/h6,8-14,17H,5,7,15H2,1-4H3,(H,23,25). The number of nitrogens with zero attached hydrogens (tertiary/aromatic N) is 1. The number of esters is 1. The molecule has 0 aliphatic carbocycles. The molecule has 2 aromatic carbocycles. The predicted molar refractivity (Wildman–Crippen MR) is 116 cm³/mol. The van der Waals surface area contributed by atoms with Crippen LogP contribution in [0, 0.1) is 6.92 Å². The highest BCUT2D eigenvalue weighted by atomic mass is 32.2. The van der Waals surface area contributed by atoms with Crippen LogP contribution in [0.15, 0.2) is 53.4 Å². The van der Waals surface area contributed by atoms with Gasteiger partial charge in [0, 0.05) is 13.1 Å². The van der Waals surface area contributed by atoms with Crippen molar-refractivity contribution in [1.82, 2.24) is 5.32 Å². The minimum atomic E-state index is -3.87. The van der Waals surface area contributed by atoms with E-state index in [0.29, 0.717) is 5.69 Å². The summed E-state index contributed by atoms with van der Waals surface area (Å²) in [5, 5.41) is 2.74. The van der Waals surface area contributed by atoms with Gasteiger partial charge in [-0.1, -0.05) is 37.1 Å². The Kier molecular flexibility index (Phi) is 8.00. The van der Waals surface area contributed by atoms with Gasteiger partial charge in [-0.15, -0.1) is 0 Å². The van der Waals surface area contributed by atoms with Gasteiger partial charge in [0.1, 0.15) is 0 Å². The fraction of sp³-hybridized carbons (Fsp3) is 0.364. The molecule has 0 bridgehead atoms. The van der Waals surface area contributed by atoms with Crippen molar-refractivity contribution < 1.29 is 22.7 Å². The highest BCUT2D eigenvalue weighted by Gasteiger charge is 2.23. The van der Waals surface area contributed by atoms with Crippen LogP contribution in [0.1, 0.15) is 42.6 Å². The molecule has 0 aliphatic heterocycles. The summed E-state index contributed by atoms with van der Waals surface area (Å²) in [5.74, 6) is -1.16. The number of hydrogen-bond acceptors (Lipinski definition) is 5. The Bertz CT molecular complexity index is 987. The topological polar surface area (TPSA) is 92.8 Å². The molecule has 0 fully saturated rings. The van der Waals surface area contributed by atoms with Crippen LogP contribution in [0.5, 0.6) is 0 Å². The first kappa shape index (κ1) is 23.4. The van der Waals surface area contributed by atoms with E-state index in [9.17, 15) is 18.0 Å². The molecule has 1 amide bonds. The molecular formula is C22H28N2O5S. The number of anilines is 1. The number of benzene rings is 2. The molecule has 0 aromatic heterocycles. The summed E-state index contributed by atoms with van der Waals surface area (Å²) in [6.45, 7) is 5.38. The van der Waals surface area contributed by atoms with Gasteiger partial charge >= 0.3 is 5.97 Å². The van der Waals surface area contributed by atoms with E-state index in [2.05, 4.69) is 5.32 Å². The largest absolute Gasteiger partial charge is 0.452 e. The van der Waals surface area contributed by atoms with E-state index in [-0.39, 0.29) is 16.5 Å². The Morgan fingerprint density at radius 2 is 1.80 bits per heavy atom. The molecule has 8 heteroatoms. The third-order valence-electron chi connectivity index (χ3n) is 4.59. The van der Waals surface area contributed by atoms with Crippen LogP contribution in [0.3, 0.4) is 0 Å². The zero-order valence-corrected chi connectivity index (χ0v) is 18.5. The second-order valence-electron chi connectivity index (χ2n) is 7.17. The summed E-state index contributed by atoms with van der Waals surface area (Å²) < 4.78 is 32.1. The van der Waals surface area contributed by atoms with Gasteiger partial charge < -0.3 is 10.1 Å². The summed E-state index contributed by atoms with van der Waals surface area (Å²) in [4.78, 5) is 24.1. The number of nitrogens with one attached hydrogen (secondary N) is 1. The molecule has 162 valence electrons. The lowest BCUT2D eigenvalue weighted by molar-refractivity contribution is -0.124. The highest BCUT2D eigenvalue weighted by Crippen LogP contribution is 2.23. The van der Waals surface area contributed by atoms with Gasteiger partial charge in [0.2, 0.25) is 0 Å². The van der Waals surface area contributed by atoms with Crippen LogP contribution in [0.2, 0.25) is 0 Å². The number of hydrogen-bond donors (Lipinski definition) is 1. The van der Waals surface area contributed by atoms with Crippen LogP contribution in [0.25, 0.3) is 0 Å². The zero-order valence-electron chi connectivity index (χ0n) is 17.7. The Morgan fingerprint density at radius 3 is 2.43 bits per heavy atom. The second-order valence-corrected chi connectivity index (χ2v) is 9.14. The third kappa shape index (κ3) is 6.06. The molecular weight excluding hydrogens is 404 g/mol. The van der Waals surface area contributed by atoms with Gasteiger partial charge in [-0.05, 0) is 50.6 Å². The fourth-order valence-electron chi connectivity index (χ4n) is 2.87. The molecule has 30 heavy (non-hydrogen) atoms. The Morgan fingerprint density at radius 1 is 1.13 bits per heavy atom. The van der Waals surface area contributed by atoms with Crippen molar-refractivity contribution in [3.8, 4) is 0 Å². The minimum absolute atomic E-state index is 0.00742. The van der Waals surface area contributed by atoms with Crippen molar-refractivity contribution in [3.05, 3.63) is 59.7 Å². The number of aryl methyl sites for hydroxylation is 1. The van der Waals surface area contributed by atoms with Crippen molar-refractivity contribution in [3.63, 3.8) is 0 Å². The maximum Gasteiger partial charge on any atom is 0.338 e. The molecule has 1 N–H and O–H groups in total. The normalized spacial score (nSPS) is 12.1. The number of carbonyl (C=O) groups excluding carboxylic acids is 2. The average Bonchev–Trinajstić information content (AvgIpc) is 2.72. The van der Waals surface area contributed by atoms with Crippen molar-refractivity contribution in [2.24, 2.45) is 0 Å². The van der Waals surface area contributed by atoms with Crippen LogP contribution in [0.4, 0.5) is 5.69 Å². The fourth-order valence-corrected chi connectivity index (χ4v) is 4.11. The number of sulfonamides is 1. The third-order valence-corrected chi connectivity index (χ3v) is 6.37. The van der Waals surface area contributed by atoms with Crippen molar-refractivity contribution in [2.45, 2.75) is 44.6 Å². The first-order valence-electron chi connectivity index (χ1n) is 9.77. The Hall–Kier alpha value is -2.87. The van der Waals surface area contributed by atoms with Crippen LogP contribution < -0.4 is 9.62 Å². The average molecular weight is 433 g/mol. The lowest BCUT2D eigenvalue weighted by Gasteiger charge is -2.20. The number of rotatable bonds is 9. The molecule has 2 rings (SSSR count). The van der Waals surface area contributed by atoms with Crippen molar-refractivity contribution in [2.75, 3.05) is 18.0 Å². The molecule has 0 radical (unpaired) electrons. The summed E-state index contributed by atoms with van der Waals surface area (Å²) >= 11 is 0. The van der Waals surface area contributed by atoms with E-state index in [4.69, 9.17) is 4.74 Å². The van der Waals surface area contributed by atoms with Gasteiger partial charge in [0.25, 0.3) is 15.9 Å². The summed E-state index contributed by atoms with van der Waals surface area (Å²) in [6.07, 6.45) is 1.76. The molecule has 1 atom stereocenters. The molecule has 7 nitrogen and oxygen atoms in total. The van der Waals surface area contributed by atoms with Crippen molar-refractivity contribution >= 4 is 27.6 Å². The lowest BCUT2D eigenvalue weighted by atomic mass is 10.2. The van der Waals surface area contributed by atoms with E-state index in [1.165, 1.54) is 31.3 Å². The zero-order chi connectivity index (χ0) is 22.3. The molecule has 0 aliphatic rings. The maximum absolute atomic E-state index is 13.0. The van der Waals surface area contributed by atoms with E-state index in [1.807, 2.05) is 32.9 Å². The van der Waals surface area contributed by atoms with Gasteiger partial charge in [-0.2, -0.15) is 0 Å². The molecule has 2 aromatic rings. The minimum Gasteiger partial charge on any atom is -0.452 e. The summed E-state index contributed by atoms with van der Waals surface area (Å²) in [7, 11) is -2.42. The van der Waals surface area contributed by atoms with Crippen LogP contribution >= 0.6 is 0 Å². The van der Waals surface area contributed by atoms with E-state index in [1.54, 1.807) is 12.1 Å². The first-order valence-corrected chi connectivity index (χ1v) is 11.2. The van der Waals surface area contributed by atoms with Crippen LogP contribution in [-0.2, 0) is 19.6 Å². The number of carbonyl (C=O) groups is 2. The molecule has 0 spiro atoms. The lowest BCUT2D eigenvalue weighted by Crippen LogP contribution is -2.35. The highest BCUT2D eigenvalue weighted by molar-refractivity contribution is 7.92. The maximum atomic E-state index is 13.0. The number of ether oxygens (including phenoxy) is 1. The van der Waals surface area contributed by atoms with E-state index in [0.717, 1.165) is 22.7 Å². The number of amides is 1. The predicted octanol–water partition coefficient (Wildman–Crippen LogP) is 3.28. The first-order chi connectivity index (χ1) is 14.1. The summed E-state index contributed by atoms with van der Waals surface area (Å²) in [5.41, 5.74) is 1.58. The Balaban J connectivity index is 2.10. The monoisotopic (exact) mass is 432 g/mol. The smallest absolute Gasteiger partial charge is 0.338 e. The quantitative estimate of drug-likeness (QED) is 0.614. The molecule has 0 heterocycles. The summed E-state index contributed by atoms with van der Waals surface area (Å²) in [6, 6.07) is 12.6. The molecule has 1 unspecified atom stereocenters. The Labute approximate surface area is 178 Å². The SMILES string of the molecule is CCCC(C)NC(=O)COC(=O)c1cccc(S(=O)(=O)N(C)c2ccc(C)cc2)c1. The van der Waals surface area contributed by atoms with Crippen LogP contribution in [-0.4, -0.2) is 40.0 Å². The van der Waals surface area contributed by atoms with Gasteiger partial charge in [-0.25, -0.2) is 13.2 Å². The van der Waals surface area contributed by atoms with Crippen molar-refractivity contribution in [1.29, 1.82) is 0 Å². The van der Waals surface area contributed by atoms with Gasteiger partial charge in [0.05, 0.1) is 16.1 Å². The van der Waals surface area contributed by atoms with Gasteiger partial charge in [0.15, 0.2) is 6.61 Å². The van der Waals surface area contributed by atoms with E-state index < -0.39 is 28.5 Å². The van der Waals surface area contributed by atoms with Gasteiger partial charge in [-0.3, -0.25) is 9.10 Å². The molecule has 0 saturated carbocycles. The second kappa shape index (κ2) is 10.2. The molecule has 0 saturated heterocycles. The van der Waals surface area contributed by atoms with E-state index >= 15 is 0 Å².